The number of amides is 1. The van der Waals surface area contributed by atoms with Gasteiger partial charge in [-0.05, 0) is 39.0 Å². The average molecular weight is 360 g/mol. The molecule has 4 rings (SSSR count). The van der Waals surface area contributed by atoms with Crippen LogP contribution in [0, 0.1) is 5.41 Å². The van der Waals surface area contributed by atoms with Gasteiger partial charge in [0.25, 0.3) is 0 Å². The maximum atomic E-state index is 12.0. The van der Waals surface area contributed by atoms with E-state index in [1.165, 1.54) is 0 Å². The van der Waals surface area contributed by atoms with Gasteiger partial charge >= 0.3 is 12.1 Å². The summed E-state index contributed by atoms with van der Waals surface area (Å²) in [6, 6.07) is 5.86. The highest BCUT2D eigenvalue weighted by molar-refractivity contribution is 5.94. The molecule has 26 heavy (non-hydrogen) atoms. The number of carbonyl (C=O) groups is 2. The average Bonchev–Trinajstić information content (AvgIpc) is 2.86. The van der Waals surface area contributed by atoms with Gasteiger partial charge in [0.15, 0.2) is 0 Å². The molecule has 0 bridgehead atoms. The second-order valence-corrected chi connectivity index (χ2v) is 8.11. The van der Waals surface area contributed by atoms with Crippen LogP contribution in [0.4, 0.5) is 10.5 Å². The van der Waals surface area contributed by atoms with Crippen molar-refractivity contribution in [2.24, 2.45) is 5.41 Å². The van der Waals surface area contributed by atoms with Gasteiger partial charge in [-0.2, -0.15) is 0 Å². The lowest BCUT2D eigenvalue weighted by Crippen LogP contribution is -2.73. The zero-order valence-corrected chi connectivity index (χ0v) is 16.3. The molecule has 0 radical (unpaired) electrons. The first-order valence-corrected chi connectivity index (χ1v) is 9.28. The predicted molar refractivity (Wildman–Crippen MR) is 99.4 cm³/mol. The Balaban J connectivity index is 0.000000948. The van der Waals surface area contributed by atoms with Gasteiger partial charge in [0.2, 0.25) is 0 Å². The normalized spacial score (nSPS) is 19.7. The first-order chi connectivity index (χ1) is 12.2. The summed E-state index contributed by atoms with van der Waals surface area (Å²) < 4.78 is 10.5. The Bertz CT molecular complexity index is 709. The molecule has 2 saturated heterocycles. The third-order valence-electron chi connectivity index (χ3n) is 4.79. The molecule has 6 heteroatoms. The molecule has 0 aliphatic carbocycles. The largest absolute Gasteiger partial charge is 0.457 e. The van der Waals surface area contributed by atoms with E-state index in [9.17, 15) is 9.59 Å². The van der Waals surface area contributed by atoms with Crippen molar-refractivity contribution in [3.05, 3.63) is 29.3 Å². The SMILES string of the molecule is CC.CC(C)(C)OC(=O)N1CC2(C1)CN(c1ccc3c(c1)COC3=O)C2. The second kappa shape index (κ2) is 6.49. The second-order valence-electron chi connectivity index (χ2n) is 8.11. The number of cyclic esters (lactones) is 1. The van der Waals surface area contributed by atoms with Crippen LogP contribution in [0.2, 0.25) is 0 Å². The van der Waals surface area contributed by atoms with E-state index in [-0.39, 0.29) is 17.5 Å². The van der Waals surface area contributed by atoms with Crippen LogP contribution < -0.4 is 4.90 Å². The fourth-order valence-electron chi connectivity index (χ4n) is 3.68. The molecule has 0 unspecified atom stereocenters. The van der Waals surface area contributed by atoms with Gasteiger partial charge in [-0.25, -0.2) is 9.59 Å². The van der Waals surface area contributed by atoms with Crippen molar-refractivity contribution < 1.29 is 19.1 Å². The fourth-order valence-corrected chi connectivity index (χ4v) is 3.68. The van der Waals surface area contributed by atoms with Gasteiger partial charge in [-0.15, -0.1) is 0 Å². The summed E-state index contributed by atoms with van der Waals surface area (Å²) in [4.78, 5) is 27.6. The molecule has 142 valence electrons. The van der Waals surface area contributed by atoms with E-state index >= 15 is 0 Å². The molecule has 0 aromatic heterocycles. The molecule has 1 spiro atoms. The monoisotopic (exact) mass is 360 g/mol. The first kappa shape index (κ1) is 18.5. The molecule has 2 fully saturated rings. The molecule has 1 amide bonds. The molecule has 1 aromatic rings. The van der Waals surface area contributed by atoms with E-state index in [1.807, 2.05) is 52.8 Å². The van der Waals surface area contributed by atoms with Crippen molar-refractivity contribution in [2.45, 2.75) is 46.8 Å². The molecular formula is C20H28N2O4. The van der Waals surface area contributed by atoms with Gasteiger partial charge in [0, 0.05) is 42.8 Å². The lowest BCUT2D eigenvalue weighted by molar-refractivity contribution is -0.0453. The lowest BCUT2D eigenvalue weighted by atomic mass is 9.73. The van der Waals surface area contributed by atoms with E-state index in [0.29, 0.717) is 12.2 Å². The number of nitrogens with zero attached hydrogens (tertiary/aromatic N) is 2. The molecular weight excluding hydrogens is 332 g/mol. The van der Waals surface area contributed by atoms with Crippen molar-refractivity contribution in [3.8, 4) is 0 Å². The van der Waals surface area contributed by atoms with E-state index in [0.717, 1.165) is 37.4 Å². The van der Waals surface area contributed by atoms with Crippen molar-refractivity contribution in [3.63, 3.8) is 0 Å². The molecule has 6 nitrogen and oxygen atoms in total. The minimum absolute atomic E-state index is 0.197. The Morgan fingerprint density at radius 3 is 2.42 bits per heavy atom. The quantitative estimate of drug-likeness (QED) is 0.718. The van der Waals surface area contributed by atoms with Gasteiger partial charge in [-0.3, -0.25) is 0 Å². The fraction of sp³-hybridized carbons (Fsp3) is 0.600. The summed E-state index contributed by atoms with van der Waals surface area (Å²) in [6.07, 6.45) is -0.222. The van der Waals surface area contributed by atoms with Gasteiger partial charge in [-0.1, -0.05) is 13.8 Å². The summed E-state index contributed by atoms with van der Waals surface area (Å²) in [5.74, 6) is -0.233. The smallest absolute Gasteiger partial charge is 0.410 e. The first-order valence-electron chi connectivity index (χ1n) is 9.28. The Hall–Kier alpha value is -2.24. The number of carbonyl (C=O) groups excluding carboxylic acids is 2. The number of hydrogen-bond acceptors (Lipinski definition) is 5. The third-order valence-corrected chi connectivity index (χ3v) is 4.79. The Kier molecular flexibility index (Phi) is 4.63. The number of hydrogen-bond donors (Lipinski definition) is 0. The molecule has 3 aliphatic rings. The van der Waals surface area contributed by atoms with Crippen LogP contribution >= 0.6 is 0 Å². The van der Waals surface area contributed by atoms with Crippen LogP contribution in [0.15, 0.2) is 18.2 Å². The van der Waals surface area contributed by atoms with Crippen LogP contribution in [0.3, 0.4) is 0 Å². The summed E-state index contributed by atoms with van der Waals surface area (Å²) in [7, 11) is 0. The van der Waals surface area contributed by atoms with Crippen LogP contribution in [0.1, 0.15) is 50.5 Å². The van der Waals surface area contributed by atoms with Crippen LogP contribution in [-0.2, 0) is 16.1 Å². The van der Waals surface area contributed by atoms with Crippen molar-refractivity contribution in [1.82, 2.24) is 4.90 Å². The highest BCUT2D eigenvalue weighted by Crippen LogP contribution is 2.43. The standard InChI is InChI=1S/C18H22N2O4.C2H6/c1-17(2,3)24-16(22)20-10-18(11-20)8-19(9-18)13-4-5-14-12(6-13)7-23-15(14)21;1-2/h4-6H,7-11H2,1-3H3;1-2H3. The third kappa shape index (κ3) is 3.37. The molecule has 1 aromatic carbocycles. The topological polar surface area (TPSA) is 59.1 Å². The maximum absolute atomic E-state index is 12.0. The number of fused-ring (bicyclic) bond motifs is 1. The Morgan fingerprint density at radius 2 is 1.81 bits per heavy atom. The highest BCUT2D eigenvalue weighted by Gasteiger charge is 2.54. The van der Waals surface area contributed by atoms with Crippen molar-refractivity contribution in [1.29, 1.82) is 0 Å². The molecule has 3 aliphatic heterocycles. The highest BCUT2D eigenvalue weighted by atomic mass is 16.6. The van der Waals surface area contributed by atoms with E-state index < -0.39 is 5.60 Å². The summed E-state index contributed by atoms with van der Waals surface area (Å²) in [5.41, 5.74) is 2.50. The van der Waals surface area contributed by atoms with Crippen LogP contribution in [0.25, 0.3) is 0 Å². The predicted octanol–water partition coefficient (Wildman–Crippen LogP) is 3.44. The number of rotatable bonds is 1. The molecule has 0 saturated carbocycles. The molecule has 0 atom stereocenters. The van der Waals surface area contributed by atoms with Gasteiger partial charge in [0.1, 0.15) is 12.2 Å². The summed E-state index contributed by atoms with van der Waals surface area (Å²) >= 11 is 0. The van der Waals surface area contributed by atoms with Crippen LogP contribution in [-0.4, -0.2) is 48.7 Å². The van der Waals surface area contributed by atoms with Gasteiger partial charge in [0.05, 0.1) is 5.56 Å². The summed E-state index contributed by atoms with van der Waals surface area (Å²) in [6.45, 7) is 13.4. The van der Waals surface area contributed by atoms with Crippen molar-refractivity contribution >= 4 is 17.7 Å². The number of likely N-dealkylation sites (tertiary alicyclic amines) is 1. The number of benzene rings is 1. The van der Waals surface area contributed by atoms with Crippen LogP contribution in [0.5, 0.6) is 0 Å². The Labute approximate surface area is 155 Å². The van der Waals surface area contributed by atoms with E-state index in [1.54, 1.807) is 4.90 Å². The van der Waals surface area contributed by atoms with E-state index in [2.05, 4.69) is 4.90 Å². The Morgan fingerprint density at radius 1 is 1.15 bits per heavy atom. The zero-order chi connectivity index (χ0) is 19.1. The van der Waals surface area contributed by atoms with E-state index in [4.69, 9.17) is 9.47 Å². The minimum atomic E-state index is -0.449. The van der Waals surface area contributed by atoms with Gasteiger partial charge < -0.3 is 19.3 Å². The lowest BCUT2D eigenvalue weighted by Gasteiger charge is -2.60. The zero-order valence-electron chi connectivity index (χ0n) is 16.3. The number of anilines is 1. The molecule has 0 N–H and O–H groups in total. The molecule has 3 heterocycles. The minimum Gasteiger partial charge on any atom is -0.457 e. The number of esters is 1. The summed E-state index contributed by atoms with van der Waals surface area (Å²) in [5, 5.41) is 0. The number of ether oxygens (including phenoxy) is 2. The van der Waals surface area contributed by atoms with Crippen molar-refractivity contribution in [2.75, 3.05) is 31.1 Å². The maximum Gasteiger partial charge on any atom is 0.410 e.